The predicted octanol–water partition coefficient (Wildman–Crippen LogP) is -1.26. The molecule has 3 rings (SSSR count). The average molecular weight is 280 g/mol. The molecule has 0 saturated carbocycles. The molecule has 0 radical (unpaired) electrons. The van der Waals surface area contributed by atoms with Crippen molar-refractivity contribution in [1.29, 1.82) is 0 Å². The van der Waals surface area contributed by atoms with Gasteiger partial charge in [-0.05, 0) is 6.07 Å². The number of benzene rings is 1. The van der Waals surface area contributed by atoms with E-state index >= 15 is 0 Å². The van der Waals surface area contributed by atoms with Gasteiger partial charge in [0.1, 0.15) is 37.7 Å². The first-order valence-corrected chi connectivity index (χ1v) is 7.32. The zero-order chi connectivity index (χ0) is 13.9. The highest BCUT2D eigenvalue weighted by Gasteiger charge is 2.35. The van der Waals surface area contributed by atoms with E-state index in [1.54, 1.807) is 19.1 Å². The largest absolute Gasteiger partial charge is 0.497 e. The fourth-order valence-corrected chi connectivity index (χ4v) is 3.38. The second-order valence-electron chi connectivity index (χ2n) is 5.45. The summed E-state index contributed by atoms with van der Waals surface area (Å²) in [6.07, 6.45) is 0. The molecule has 110 valence electrons. The fraction of sp³-hybridized carbons (Fsp3) is 0.600. The lowest BCUT2D eigenvalue weighted by Crippen LogP contribution is -3.17. The average Bonchev–Trinajstić information content (AvgIpc) is 2.53. The molecule has 0 aromatic heterocycles. The Balaban J connectivity index is 1.97. The maximum absolute atomic E-state index is 5.64. The number of quaternary nitrogens is 2. The van der Waals surface area contributed by atoms with Crippen molar-refractivity contribution in [2.75, 3.05) is 47.1 Å². The summed E-state index contributed by atoms with van der Waals surface area (Å²) in [6.45, 7) is 5.99. The highest BCUT2D eigenvalue weighted by atomic mass is 16.5. The molecular weight excluding hydrogens is 256 g/mol. The molecule has 5 nitrogen and oxygen atoms in total. The van der Waals surface area contributed by atoms with Crippen molar-refractivity contribution < 1.29 is 24.4 Å². The van der Waals surface area contributed by atoms with Crippen molar-refractivity contribution in [2.45, 2.75) is 12.6 Å². The molecule has 1 aromatic rings. The first kappa shape index (κ1) is 13.7. The highest BCUT2D eigenvalue weighted by Crippen LogP contribution is 2.33. The Labute approximate surface area is 119 Å². The van der Waals surface area contributed by atoms with Crippen molar-refractivity contribution in [1.82, 2.24) is 0 Å². The zero-order valence-corrected chi connectivity index (χ0v) is 12.3. The van der Waals surface area contributed by atoms with Crippen LogP contribution in [0.4, 0.5) is 0 Å². The van der Waals surface area contributed by atoms with Gasteiger partial charge in [0.25, 0.3) is 0 Å². The lowest BCUT2D eigenvalue weighted by Gasteiger charge is -2.34. The summed E-state index contributed by atoms with van der Waals surface area (Å²) < 4.78 is 16.5. The Hall–Kier alpha value is -1.30. The molecule has 1 fully saturated rings. The number of morpholine rings is 1. The monoisotopic (exact) mass is 280 g/mol. The molecule has 1 aromatic carbocycles. The fourth-order valence-electron chi connectivity index (χ4n) is 3.38. The Morgan fingerprint density at radius 3 is 2.70 bits per heavy atom. The third kappa shape index (κ3) is 2.49. The zero-order valence-electron chi connectivity index (χ0n) is 12.3. The van der Waals surface area contributed by atoms with Crippen molar-refractivity contribution in [2.24, 2.45) is 0 Å². The van der Waals surface area contributed by atoms with Gasteiger partial charge in [0, 0.05) is 11.6 Å². The van der Waals surface area contributed by atoms with Gasteiger partial charge in [-0.3, -0.25) is 0 Å². The summed E-state index contributed by atoms with van der Waals surface area (Å²) >= 11 is 0. The van der Waals surface area contributed by atoms with Crippen molar-refractivity contribution in [3.8, 4) is 11.5 Å². The Kier molecular flexibility index (Phi) is 4.10. The number of ether oxygens (including phenoxy) is 3. The number of nitrogens with two attached hydrogens (primary N) is 1. The quantitative estimate of drug-likeness (QED) is 0.726. The summed E-state index contributed by atoms with van der Waals surface area (Å²) in [4.78, 5) is 1.61. The molecule has 20 heavy (non-hydrogen) atoms. The van der Waals surface area contributed by atoms with Crippen molar-refractivity contribution in [3.63, 3.8) is 0 Å². The summed E-state index contributed by atoms with van der Waals surface area (Å²) in [5, 5.41) is 2.38. The summed E-state index contributed by atoms with van der Waals surface area (Å²) in [5.74, 6) is 1.85. The van der Waals surface area contributed by atoms with Crippen LogP contribution in [-0.4, -0.2) is 47.1 Å². The minimum absolute atomic E-state index is 0.489. The molecule has 3 N–H and O–H groups in total. The Morgan fingerprint density at radius 2 is 2.00 bits per heavy atom. The molecular formula is C15H24N2O3+2. The third-order valence-corrected chi connectivity index (χ3v) is 4.40. The first-order chi connectivity index (χ1) is 9.83. The maximum atomic E-state index is 5.64. The summed E-state index contributed by atoms with van der Waals surface area (Å²) in [5.41, 5.74) is 2.71. The van der Waals surface area contributed by atoms with E-state index in [1.807, 2.05) is 6.07 Å². The van der Waals surface area contributed by atoms with Crippen LogP contribution in [0.25, 0.3) is 0 Å². The van der Waals surface area contributed by atoms with E-state index in [4.69, 9.17) is 14.2 Å². The van der Waals surface area contributed by atoms with Crippen LogP contribution in [-0.2, 0) is 11.3 Å². The van der Waals surface area contributed by atoms with Gasteiger partial charge in [0.05, 0.1) is 33.0 Å². The number of fused-ring (bicyclic) bond motifs is 1. The summed E-state index contributed by atoms with van der Waals surface area (Å²) in [6, 6.07) is 4.65. The van der Waals surface area contributed by atoms with Gasteiger partial charge in [0.2, 0.25) is 0 Å². The van der Waals surface area contributed by atoms with Crippen LogP contribution < -0.4 is 19.7 Å². The van der Waals surface area contributed by atoms with Crippen molar-refractivity contribution in [3.05, 3.63) is 23.3 Å². The topological polar surface area (TPSA) is 48.7 Å². The standard InChI is InChI=1S/C15H22N2O3/c1-18-12-7-11-9-16-10-13(15(11)14(8-12)19-2)17-3-5-20-6-4-17/h7-8,13,16H,3-6,9-10H2,1-2H3/p+2/t13-/m0/s1. The molecule has 2 heterocycles. The number of methoxy groups -OCH3 is 2. The number of rotatable bonds is 3. The van der Waals surface area contributed by atoms with Crippen LogP contribution in [0, 0.1) is 0 Å². The van der Waals surface area contributed by atoms with Crippen LogP contribution >= 0.6 is 0 Å². The van der Waals surface area contributed by atoms with E-state index in [9.17, 15) is 0 Å². The second kappa shape index (κ2) is 5.99. The van der Waals surface area contributed by atoms with Crippen LogP contribution in [0.1, 0.15) is 17.2 Å². The van der Waals surface area contributed by atoms with E-state index in [2.05, 4.69) is 11.4 Å². The van der Waals surface area contributed by atoms with E-state index < -0.39 is 0 Å². The molecule has 1 atom stereocenters. The van der Waals surface area contributed by atoms with Crippen LogP contribution in [0.5, 0.6) is 11.5 Å². The number of nitrogens with one attached hydrogen (secondary N) is 1. The minimum atomic E-state index is 0.489. The van der Waals surface area contributed by atoms with Crippen molar-refractivity contribution >= 4 is 0 Å². The van der Waals surface area contributed by atoms with Gasteiger partial charge in [-0.1, -0.05) is 0 Å². The Bertz CT molecular complexity index is 455. The van der Waals surface area contributed by atoms with E-state index in [1.165, 1.54) is 11.1 Å². The molecule has 0 unspecified atom stereocenters. The molecule has 0 amide bonds. The molecule has 5 heteroatoms. The van der Waals surface area contributed by atoms with Gasteiger partial charge in [0.15, 0.2) is 6.04 Å². The van der Waals surface area contributed by atoms with Gasteiger partial charge >= 0.3 is 0 Å². The molecule has 2 aliphatic heterocycles. The molecule has 0 bridgehead atoms. The predicted molar refractivity (Wildman–Crippen MR) is 74.3 cm³/mol. The van der Waals surface area contributed by atoms with Gasteiger partial charge in [-0.25, -0.2) is 0 Å². The van der Waals surface area contributed by atoms with E-state index in [-0.39, 0.29) is 0 Å². The van der Waals surface area contributed by atoms with Crippen LogP contribution in [0.2, 0.25) is 0 Å². The number of hydrogen-bond acceptors (Lipinski definition) is 3. The molecule has 1 saturated heterocycles. The Morgan fingerprint density at radius 1 is 1.20 bits per heavy atom. The van der Waals surface area contributed by atoms with E-state index in [0.29, 0.717) is 6.04 Å². The van der Waals surface area contributed by atoms with Gasteiger partial charge in [-0.2, -0.15) is 0 Å². The van der Waals surface area contributed by atoms with Gasteiger partial charge in [-0.15, -0.1) is 0 Å². The minimum Gasteiger partial charge on any atom is -0.497 e. The SMILES string of the molecule is COc1cc2c(c(OC)c1)[C@@H]([NH+]1CCOCC1)C[NH2+]C2. The highest BCUT2D eigenvalue weighted by molar-refractivity contribution is 5.48. The smallest absolute Gasteiger partial charge is 0.167 e. The molecule has 2 aliphatic rings. The van der Waals surface area contributed by atoms with E-state index in [0.717, 1.165) is 50.9 Å². The molecule has 0 spiro atoms. The lowest BCUT2D eigenvalue weighted by atomic mass is 9.93. The maximum Gasteiger partial charge on any atom is 0.167 e. The number of hydrogen-bond donors (Lipinski definition) is 2. The van der Waals surface area contributed by atoms with Crippen LogP contribution in [0.15, 0.2) is 12.1 Å². The lowest BCUT2D eigenvalue weighted by molar-refractivity contribution is -0.954. The second-order valence-corrected chi connectivity index (χ2v) is 5.45. The van der Waals surface area contributed by atoms with Gasteiger partial charge < -0.3 is 24.4 Å². The third-order valence-electron chi connectivity index (χ3n) is 4.40. The normalized spacial score (nSPS) is 23.2. The first-order valence-electron chi connectivity index (χ1n) is 7.32. The molecule has 0 aliphatic carbocycles. The summed E-state index contributed by atoms with van der Waals surface area (Å²) in [7, 11) is 3.46. The van der Waals surface area contributed by atoms with Crippen LogP contribution in [0.3, 0.4) is 0 Å².